The quantitative estimate of drug-likeness (QED) is 0.941. The smallest absolute Gasteiger partial charge is 0.254 e. The minimum atomic E-state index is -0.263. The Kier molecular flexibility index (Phi) is 4.98. The summed E-state index contributed by atoms with van der Waals surface area (Å²) in [7, 11) is 0. The first-order chi connectivity index (χ1) is 10.4. The molecule has 0 atom stereocenters. The molecule has 1 aromatic heterocycles. The van der Waals surface area contributed by atoms with Crippen LogP contribution in [0.5, 0.6) is 0 Å². The minimum Gasteiger partial charge on any atom is -0.352 e. The number of carbonyl (C=O) groups is 1. The fraction of sp³-hybridized carbons (Fsp3) is 0.312. The van der Waals surface area contributed by atoms with E-state index in [2.05, 4.69) is 10.3 Å². The van der Waals surface area contributed by atoms with Crippen molar-refractivity contribution in [2.75, 3.05) is 0 Å². The summed E-state index contributed by atoms with van der Waals surface area (Å²) < 4.78 is 1.36. The third-order valence-electron chi connectivity index (χ3n) is 2.97. The lowest BCUT2D eigenvalue weighted by molar-refractivity contribution is -0.122. The SMILES string of the molecule is Cc1cc(=O)n(CC(=O)NC(C)C)c(-c2cccc(Cl)c2)n1. The van der Waals surface area contributed by atoms with Crippen LogP contribution < -0.4 is 10.9 Å². The van der Waals surface area contributed by atoms with Gasteiger partial charge in [0.2, 0.25) is 5.91 Å². The number of rotatable bonds is 4. The number of hydrogen-bond acceptors (Lipinski definition) is 3. The maximum Gasteiger partial charge on any atom is 0.254 e. The van der Waals surface area contributed by atoms with E-state index < -0.39 is 0 Å². The van der Waals surface area contributed by atoms with E-state index in [4.69, 9.17) is 11.6 Å². The Bertz CT molecular complexity index is 753. The van der Waals surface area contributed by atoms with Gasteiger partial charge in [-0.2, -0.15) is 0 Å². The van der Waals surface area contributed by atoms with Crippen molar-refractivity contribution in [2.45, 2.75) is 33.4 Å². The second-order valence-electron chi connectivity index (χ2n) is 5.38. The zero-order chi connectivity index (χ0) is 16.3. The average Bonchev–Trinajstić information content (AvgIpc) is 2.40. The largest absolute Gasteiger partial charge is 0.352 e. The van der Waals surface area contributed by atoms with Crippen molar-refractivity contribution in [3.8, 4) is 11.4 Å². The number of nitrogens with zero attached hydrogens (tertiary/aromatic N) is 2. The number of nitrogens with one attached hydrogen (secondary N) is 1. The highest BCUT2D eigenvalue weighted by Gasteiger charge is 2.13. The summed E-state index contributed by atoms with van der Waals surface area (Å²) in [5, 5.41) is 3.32. The third-order valence-corrected chi connectivity index (χ3v) is 3.21. The lowest BCUT2D eigenvalue weighted by Crippen LogP contribution is -2.36. The molecule has 2 rings (SSSR count). The van der Waals surface area contributed by atoms with Crippen molar-refractivity contribution in [1.82, 2.24) is 14.9 Å². The first kappa shape index (κ1) is 16.2. The lowest BCUT2D eigenvalue weighted by atomic mass is 10.2. The van der Waals surface area contributed by atoms with Gasteiger partial charge in [0.05, 0.1) is 0 Å². The van der Waals surface area contributed by atoms with E-state index >= 15 is 0 Å². The first-order valence-electron chi connectivity index (χ1n) is 7.00. The number of halogens is 1. The van der Waals surface area contributed by atoms with Crippen molar-refractivity contribution < 1.29 is 4.79 Å². The van der Waals surface area contributed by atoms with E-state index in [1.54, 1.807) is 25.1 Å². The Morgan fingerprint density at radius 3 is 2.73 bits per heavy atom. The number of amides is 1. The fourth-order valence-electron chi connectivity index (χ4n) is 2.13. The second kappa shape index (κ2) is 6.75. The zero-order valence-electron chi connectivity index (χ0n) is 12.8. The normalized spacial score (nSPS) is 10.8. The van der Waals surface area contributed by atoms with Crippen LogP contribution in [0, 0.1) is 6.92 Å². The predicted octanol–water partition coefficient (Wildman–Crippen LogP) is 2.40. The standard InChI is InChI=1S/C16H18ClN3O2/c1-10(2)18-14(21)9-20-15(22)7-11(3)19-16(20)12-5-4-6-13(17)8-12/h4-8,10H,9H2,1-3H3,(H,18,21). The number of aromatic nitrogens is 2. The van der Waals surface area contributed by atoms with E-state index in [1.807, 2.05) is 19.9 Å². The van der Waals surface area contributed by atoms with Crippen LogP contribution >= 0.6 is 11.6 Å². The molecule has 0 unspecified atom stereocenters. The molecular formula is C16H18ClN3O2. The molecule has 5 nitrogen and oxygen atoms in total. The molecule has 1 N–H and O–H groups in total. The van der Waals surface area contributed by atoms with Crippen LogP contribution in [0.1, 0.15) is 19.5 Å². The van der Waals surface area contributed by atoms with Crippen LogP contribution in [0.2, 0.25) is 5.02 Å². The van der Waals surface area contributed by atoms with Gasteiger partial charge in [0.15, 0.2) is 0 Å². The zero-order valence-corrected chi connectivity index (χ0v) is 13.5. The summed E-state index contributed by atoms with van der Waals surface area (Å²) in [6.07, 6.45) is 0. The Labute approximate surface area is 134 Å². The molecule has 0 aliphatic carbocycles. The number of aryl methyl sites for hydroxylation is 1. The van der Waals surface area contributed by atoms with Gasteiger partial charge in [-0.05, 0) is 32.9 Å². The molecule has 0 saturated carbocycles. The summed E-state index contributed by atoms with van der Waals surface area (Å²) in [4.78, 5) is 28.6. The highest BCUT2D eigenvalue weighted by Crippen LogP contribution is 2.20. The molecular weight excluding hydrogens is 302 g/mol. The maximum absolute atomic E-state index is 12.3. The minimum absolute atomic E-state index is 0.0104. The predicted molar refractivity (Wildman–Crippen MR) is 87.0 cm³/mol. The highest BCUT2D eigenvalue weighted by molar-refractivity contribution is 6.30. The van der Waals surface area contributed by atoms with E-state index in [0.29, 0.717) is 22.1 Å². The van der Waals surface area contributed by atoms with Gasteiger partial charge in [-0.1, -0.05) is 23.7 Å². The molecule has 116 valence electrons. The van der Waals surface area contributed by atoms with Gasteiger partial charge in [0.25, 0.3) is 5.56 Å². The molecule has 0 spiro atoms. The van der Waals surface area contributed by atoms with Crippen molar-refractivity contribution in [3.63, 3.8) is 0 Å². The van der Waals surface area contributed by atoms with Crippen molar-refractivity contribution in [1.29, 1.82) is 0 Å². The molecule has 0 aliphatic heterocycles. The van der Waals surface area contributed by atoms with E-state index in [-0.39, 0.29) is 24.1 Å². The average molecular weight is 320 g/mol. The third kappa shape index (κ3) is 3.95. The van der Waals surface area contributed by atoms with Crippen LogP contribution in [0.25, 0.3) is 11.4 Å². The van der Waals surface area contributed by atoms with Gasteiger partial charge in [-0.3, -0.25) is 14.2 Å². The topological polar surface area (TPSA) is 64.0 Å². The molecule has 6 heteroatoms. The summed E-state index contributed by atoms with van der Waals surface area (Å²) in [5.74, 6) is 0.206. The van der Waals surface area contributed by atoms with Crippen LogP contribution in [0.15, 0.2) is 35.1 Å². The summed E-state index contributed by atoms with van der Waals surface area (Å²) in [5.41, 5.74) is 1.03. The van der Waals surface area contributed by atoms with Gasteiger partial charge in [-0.15, -0.1) is 0 Å². The molecule has 1 aromatic carbocycles. The van der Waals surface area contributed by atoms with Crippen molar-refractivity contribution in [2.24, 2.45) is 0 Å². The van der Waals surface area contributed by atoms with Crippen LogP contribution in [-0.2, 0) is 11.3 Å². The molecule has 22 heavy (non-hydrogen) atoms. The molecule has 0 saturated heterocycles. The maximum atomic E-state index is 12.3. The van der Waals surface area contributed by atoms with E-state index in [1.165, 1.54) is 10.6 Å². The summed E-state index contributed by atoms with van der Waals surface area (Å²) in [6, 6.07) is 8.48. The monoisotopic (exact) mass is 319 g/mol. The Hall–Kier alpha value is -2.14. The van der Waals surface area contributed by atoms with Gasteiger partial charge in [0, 0.05) is 28.4 Å². The number of benzene rings is 1. The lowest BCUT2D eigenvalue weighted by Gasteiger charge is -2.14. The van der Waals surface area contributed by atoms with Crippen LogP contribution in [0.4, 0.5) is 0 Å². The van der Waals surface area contributed by atoms with Crippen LogP contribution in [0.3, 0.4) is 0 Å². The van der Waals surface area contributed by atoms with Gasteiger partial charge in [0.1, 0.15) is 12.4 Å². The molecule has 1 heterocycles. The fourth-order valence-corrected chi connectivity index (χ4v) is 2.32. The molecule has 0 radical (unpaired) electrons. The molecule has 0 fully saturated rings. The van der Waals surface area contributed by atoms with Crippen molar-refractivity contribution in [3.05, 3.63) is 51.4 Å². The van der Waals surface area contributed by atoms with E-state index in [9.17, 15) is 9.59 Å². The Balaban J connectivity index is 2.49. The van der Waals surface area contributed by atoms with Crippen LogP contribution in [-0.4, -0.2) is 21.5 Å². The molecule has 0 bridgehead atoms. The molecule has 1 amide bonds. The summed E-state index contributed by atoms with van der Waals surface area (Å²) >= 11 is 6.01. The number of carbonyl (C=O) groups excluding carboxylic acids is 1. The van der Waals surface area contributed by atoms with Gasteiger partial charge in [-0.25, -0.2) is 4.98 Å². The molecule has 0 aliphatic rings. The van der Waals surface area contributed by atoms with Gasteiger partial charge >= 0.3 is 0 Å². The first-order valence-corrected chi connectivity index (χ1v) is 7.38. The molecule has 2 aromatic rings. The van der Waals surface area contributed by atoms with E-state index in [0.717, 1.165) is 0 Å². The highest BCUT2D eigenvalue weighted by atomic mass is 35.5. The Morgan fingerprint density at radius 1 is 1.36 bits per heavy atom. The number of hydrogen-bond donors (Lipinski definition) is 1. The second-order valence-corrected chi connectivity index (χ2v) is 5.81. The van der Waals surface area contributed by atoms with Crippen molar-refractivity contribution >= 4 is 17.5 Å². The Morgan fingerprint density at radius 2 is 2.09 bits per heavy atom. The summed E-state index contributed by atoms with van der Waals surface area (Å²) in [6.45, 7) is 5.40. The van der Waals surface area contributed by atoms with Gasteiger partial charge < -0.3 is 5.32 Å².